The number of sulfone groups is 1. The van der Waals surface area contributed by atoms with Crippen molar-refractivity contribution in [3.63, 3.8) is 0 Å². The van der Waals surface area contributed by atoms with Crippen molar-refractivity contribution < 1.29 is 18.0 Å². The molecule has 30 heavy (non-hydrogen) atoms. The number of anilines is 1. The zero-order valence-electron chi connectivity index (χ0n) is 15.5. The Balaban J connectivity index is 1.58. The summed E-state index contributed by atoms with van der Waals surface area (Å²) in [6.07, 6.45) is 3.18. The number of benzene rings is 1. The number of halogens is 1. The second-order valence-corrected chi connectivity index (χ2v) is 9.19. The first-order chi connectivity index (χ1) is 14.3. The number of aromatic nitrogens is 3. The van der Waals surface area contributed by atoms with Crippen molar-refractivity contribution in [2.45, 2.75) is 18.1 Å². The van der Waals surface area contributed by atoms with Crippen LogP contribution in [0.25, 0.3) is 5.69 Å². The number of amides is 2. The van der Waals surface area contributed by atoms with E-state index in [-0.39, 0.29) is 23.9 Å². The largest absolute Gasteiger partial charge is 0.344 e. The Hall–Kier alpha value is -3.24. The molecule has 0 fully saturated rings. The van der Waals surface area contributed by atoms with Crippen molar-refractivity contribution >= 4 is 39.1 Å². The molecule has 3 aromatic rings. The van der Waals surface area contributed by atoms with Crippen molar-refractivity contribution in [3.8, 4) is 5.69 Å². The topological polar surface area (TPSA) is 123 Å². The third-order valence-corrected chi connectivity index (χ3v) is 6.17. The van der Waals surface area contributed by atoms with Crippen LogP contribution >= 0.6 is 11.6 Å². The van der Waals surface area contributed by atoms with Gasteiger partial charge in [-0.2, -0.15) is 5.10 Å². The molecule has 1 aliphatic heterocycles. The van der Waals surface area contributed by atoms with Gasteiger partial charge in [0.25, 0.3) is 0 Å². The van der Waals surface area contributed by atoms with E-state index in [2.05, 4.69) is 20.7 Å². The van der Waals surface area contributed by atoms with E-state index in [4.69, 9.17) is 11.6 Å². The third-order valence-electron chi connectivity index (χ3n) is 4.47. The summed E-state index contributed by atoms with van der Waals surface area (Å²) >= 11 is 5.93. The van der Waals surface area contributed by atoms with Crippen molar-refractivity contribution in [2.24, 2.45) is 0 Å². The van der Waals surface area contributed by atoms with Crippen LogP contribution in [0.1, 0.15) is 16.8 Å². The number of fused-ring (bicyclic) bond motifs is 1. The fraction of sp³-hybridized carbons (Fsp3) is 0.158. The number of carbonyl (C=O) groups is 2. The molecule has 1 aliphatic rings. The fourth-order valence-corrected chi connectivity index (χ4v) is 4.69. The first-order valence-electron chi connectivity index (χ1n) is 8.87. The Morgan fingerprint density at radius 3 is 2.57 bits per heavy atom. The van der Waals surface area contributed by atoms with Crippen LogP contribution in [-0.4, -0.2) is 35.0 Å². The van der Waals surface area contributed by atoms with Gasteiger partial charge in [-0.05, 0) is 35.9 Å². The van der Waals surface area contributed by atoms with E-state index < -0.39 is 21.7 Å². The molecule has 11 heteroatoms. The Kier molecular flexibility index (Phi) is 5.27. The highest BCUT2D eigenvalue weighted by atomic mass is 35.5. The lowest BCUT2D eigenvalue weighted by atomic mass is 10.2. The lowest BCUT2D eigenvalue weighted by Crippen LogP contribution is -2.35. The van der Waals surface area contributed by atoms with Gasteiger partial charge in [-0.1, -0.05) is 17.7 Å². The van der Waals surface area contributed by atoms with E-state index in [0.717, 1.165) is 5.56 Å². The summed E-state index contributed by atoms with van der Waals surface area (Å²) in [5.74, 6) is -2.13. The molecule has 2 N–H and O–H groups in total. The molecule has 0 radical (unpaired) electrons. The molecule has 154 valence electrons. The number of rotatable bonds is 4. The van der Waals surface area contributed by atoms with Gasteiger partial charge in [-0.15, -0.1) is 0 Å². The number of carbonyl (C=O) groups excluding carboxylic acids is 2. The predicted molar refractivity (Wildman–Crippen MR) is 110 cm³/mol. The molecule has 2 aromatic heterocycles. The number of hydrogen-bond acceptors (Lipinski definition) is 6. The van der Waals surface area contributed by atoms with Crippen molar-refractivity contribution in [3.05, 3.63) is 70.6 Å². The van der Waals surface area contributed by atoms with Crippen LogP contribution < -0.4 is 10.6 Å². The van der Waals surface area contributed by atoms with Crippen LogP contribution in [0.15, 0.2) is 48.8 Å². The Labute approximate surface area is 177 Å². The van der Waals surface area contributed by atoms with Crippen molar-refractivity contribution in [2.75, 3.05) is 5.32 Å². The van der Waals surface area contributed by atoms with Gasteiger partial charge in [0, 0.05) is 29.5 Å². The van der Waals surface area contributed by atoms with Gasteiger partial charge in [0.2, 0.25) is 0 Å². The molecule has 2 amide bonds. The van der Waals surface area contributed by atoms with E-state index in [1.54, 1.807) is 48.8 Å². The number of hydrogen-bond donors (Lipinski definition) is 2. The first-order valence-corrected chi connectivity index (χ1v) is 11.1. The van der Waals surface area contributed by atoms with Crippen LogP contribution in [0, 0.1) is 0 Å². The number of nitrogens with zero attached hydrogens (tertiary/aromatic N) is 3. The minimum absolute atomic E-state index is 0.128. The average molecular weight is 446 g/mol. The van der Waals surface area contributed by atoms with Gasteiger partial charge < -0.3 is 10.6 Å². The lowest BCUT2D eigenvalue weighted by Gasteiger charge is -2.11. The van der Waals surface area contributed by atoms with E-state index in [0.29, 0.717) is 22.0 Å². The van der Waals surface area contributed by atoms with Crippen molar-refractivity contribution in [1.29, 1.82) is 0 Å². The maximum atomic E-state index is 12.5. The van der Waals surface area contributed by atoms with Gasteiger partial charge in [0.1, 0.15) is 5.82 Å². The summed E-state index contributed by atoms with van der Waals surface area (Å²) in [5.41, 5.74) is 2.02. The molecule has 0 unspecified atom stereocenters. The molecule has 0 atom stereocenters. The Morgan fingerprint density at radius 2 is 1.87 bits per heavy atom. The molecule has 1 aromatic carbocycles. The zero-order valence-corrected chi connectivity index (χ0v) is 17.1. The maximum Gasteiger partial charge on any atom is 0.314 e. The minimum atomic E-state index is -3.35. The van der Waals surface area contributed by atoms with Crippen LogP contribution in [0.4, 0.5) is 5.82 Å². The van der Waals surface area contributed by atoms with Gasteiger partial charge in [-0.25, -0.2) is 13.1 Å². The van der Waals surface area contributed by atoms with E-state index >= 15 is 0 Å². The summed E-state index contributed by atoms with van der Waals surface area (Å²) in [4.78, 5) is 28.7. The molecule has 9 nitrogen and oxygen atoms in total. The molecule has 3 heterocycles. The van der Waals surface area contributed by atoms with Gasteiger partial charge in [-0.3, -0.25) is 14.6 Å². The Morgan fingerprint density at radius 1 is 1.10 bits per heavy atom. The molecule has 0 bridgehead atoms. The second-order valence-electron chi connectivity index (χ2n) is 6.69. The highest BCUT2D eigenvalue weighted by Gasteiger charge is 2.33. The predicted octanol–water partition coefficient (Wildman–Crippen LogP) is 1.60. The quantitative estimate of drug-likeness (QED) is 0.588. The minimum Gasteiger partial charge on any atom is -0.344 e. The smallest absolute Gasteiger partial charge is 0.314 e. The first kappa shape index (κ1) is 20.0. The van der Waals surface area contributed by atoms with Crippen LogP contribution in [-0.2, 0) is 37.5 Å². The monoisotopic (exact) mass is 445 g/mol. The number of pyridine rings is 1. The summed E-state index contributed by atoms with van der Waals surface area (Å²) in [7, 11) is -3.35. The van der Waals surface area contributed by atoms with E-state index in [1.165, 1.54) is 4.68 Å². The summed E-state index contributed by atoms with van der Waals surface area (Å²) in [5, 5.41) is 9.87. The summed E-state index contributed by atoms with van der Waals surface area (Å²) in [6.45, 7) is 0.128. The lowest BCUT2D eigenvalue weighted by molar-refractivity contribution is -0.136. The molecule has 0 saturated carbocycles. The SMILES string of the molecule is O=C(NCc1cccnc1)C(=O)Nc1c2c(nn1-c1ccc(Cl)cc1)CS(=O)(=O)C2. The van der Waals surface area contributed by atoms with E-state index in [1.807, 2.05) is 0 Å². The highest BCUT2D eigenvalue weighted by Crippen LogP contribution is 2.33. The second kappa shape index (κ2) is 7.88. The molecule has 4 rings (SSSR count). The molecular weight excluding hydrogens is 430 g/mol. The highest BCUT2D eigenvalue weighted by molar-refractivity contribution is 7.90. The average Bonchev–Trinajstić information content (AvgIpc) is 3.20. The molecular formula is C19H16ClN5O4S. The van der Waals surface area contributed by atoms with Crippen molar-refractivity contribution in [1.82, 2.24) is 20.1 Å². The summed E-state index contributed by atoms with van der Waals surface area (Å²) < 4.78 is 25.4. The maximum absolute atomic E-state index is 12.5. The van der Waals surface area contributed by atoms with Gasteiger partial charge >= 0.3 is 11.8 Å². The van der Waals surface area contributed by atoms with Crippen LogP contribution in [0.5, 0.6) is 0 Å². The molecule has 0 spiro atoms. The third kappa shape index (κ3) is 4.19. The van der Waals surface area contributed by atoms with Gasteiger partial charge in [0.05, 0.1) is 22.9 Å². The standard InChI is InChI=1S/C19H16ClN5O4S/c20-13-3-5-14(6-4-13)25-17(15-10-30(28,29)11-16(15)24-25)23-19(27)18(26)22-9-12-2-1-7-21-8-12/h1-8H,9-11H2,(H,22,26)(H,23,27). The fourth-order valence-electron chi connectivity index (χ4n) is 3.07. The summed E-state index contributed by atoms with van der Waals surface area (Å²) in [6, 6.07) is 10.1. The zero-order chi connectivity index (χ0) is 21.3. The molecule has 0 aliphatic carbocycles. The Bertz CT molecular complexity index is 1220. The number of nitrogens with one attached hydrogen (secondary N) is 2. The van der Waals surface area contributed by atoms with Crippen LogP contribution in [0.2, 0.25) is 5.02 Å². The van der Waals surface area contributed by atoms with Gasteiger partial charge in [0.15, 0.2) is 9.84 Å². The normalized spacial score (nSPS) is 14.2. The van der Waals surface area contributed by atoms with E-state index in [9.17, 15) is 18.0 Å². The van der Waals surface area contributed by atoms with Crippen LogP contribution in [0.3, 0.4) is 0 Å². The molecule has 0 saturated heterocycles.